The summed E-state index contributed by atoms with van der Waals surface area (Å²) in [4.78, 5) is 27.8. The molecule has 3 fully saturated rings. The van der Waals surface area contributed by atoms with Crippen LogP contribution in [0.5, 0.6) is 0 Å². The van der Waals surface area contributed by atoms with Crippen LogP contribution in [0.1, 0.15) is 104 Å². The van der Waals surface area contributed by atoms with Gasteiger partial charge in [-0.3, -0.25) is 9.59 Å². The van der Waals surface area contributed by atoms with E-state index in [4.69, 9.17) is 9.26 Å². The first-order valence-corrected chi connectivity index (χ1v) is 14.1. The number of esters is 1. The molecule has 3 saturated carbocycles. The first-order valence-electron chi connectivity index (χ1n) is 14.1. The number of carbonyl (C=O) groups is 2. The maximum Gasteiger partial charge on any atom is 0.312 e. The first kappa shape index (κ1) is 24.4. The van der Waals surface area contributed by atoms with E-state index in [0.29, 0.717) is 11.8 Å². The number of hydrogen-bond donors (Lipinski definition) is 0. The summed E-state index contributed by atoms with van der Waals surface area (Å²) in [6, 6.07) is 0. The Morgan fingerprint density at radius 2 is 1.78 bits per heavy atom. The summed E-state index contributed by atoms with van der Waals surface area (Å²) in [6.07, 6.45) is 11.5. The normalized spacial score (nSPS) is 46.9. The highest BCUT2D eigenvalue weighted by Gasteiger charge is 2.70. The molecule has 0 amide bonds. The highest BCUT2D eigenvalue weighted by atomic mass is 16.5. The van der Waals surface area contributed by atoms with Crippen molar-refractivity contribution < 1.29 is 18.8 Å². The molecular formula is C31H43NO4. The van der Waals surface area contributed by atoms with Crippen LogP contribution in [0.3, 0.4) is 0 Å². The van der Waals surface area contributed by atoms with Crippen LogP contribution in [0.4, 0.5) is 0 Å². The van der Waals surface area contributed by atoms with Crippen molar-refractivity contribution in [3.8, 4) is 0 Å². The second kappa shape index (κ2) is 7.35. The molecule has 5 nitrogen and oxygen atoms in total. The minimum atomic E-state index is -0.524. The average Bonchev–Trinajstić information content (AvgIpc) is 3.28. The van der Waals surface area contributed by atoms with E-state index in [1.165, 1.54) is 18.2 Å². The smallest absolute Gasteiger partial charge is 0.312 e. The van der Waals surface area contributed by atoms with Gasteiger partial charge < -0.3 is 9.26 Å². The molecular weight excluding hydrogens is 450 g/mol. The summed E-state index contributed by atoms with van der Waals surface area (Å²) in [5, 5.41) is 4.14. The van der Waals surface area contributed by atoms with Gasteiger partial charge in [0.05, 0.1) is 18.7 Å². The third kappa shape index (κ3) is 2.81. The molecule has 1 unspecified atom stereocenters. The van der Waals surface area contributed by atoms with Gasteiger partial charge in [0.25, 0.3) is 0 Å². The fourth-order valence-electron chi connectivity index (χ4n) is 10.4. The Bertz CT molecular complexity index is 1160. The molecule has 36 heavy (non-hydrogen) atoms. The predicted octanol–water partition coefficient (Wildman–Crippen LogP) is 6.67. The molecule has 0 spiro atoms. The third-order valence-electron chi connectivity index (χ3n) is 12.6. The summed E-state index contributed by atoms with van der Waals surface area (Å²) < 4.78 is 11.1. The largest absolute Gasteiger partial charge is 0.469 e. The summed E-state index contributed by atoms with van der Waals surface area (Å²) >= 11 is 0. The van der Waals surface area contributed by atoms with E-state index in [1.54, 1.807) is 0 Å². The van der Waals surface area contributed by atoms with Crippen LogP contribution in [0.15, 0.2) is 22.4 Å². The van der Waals surface area contributed by atoms with Gasteiger partial charge in [-0.15, -0.1) is 0 Å². The number of ether oxygens (including phenoxy) is 1. The van der Waals surface area contributed by atoms with Gasteiger partial charge in [-0.05, 0) is 90.9 Å². The lowest BCUT2D eigenvalue weighted by atomic mass is 9.34. The van der Waals surface area contributed by atoms with Crippen LogP contribution in [0.2, 0.25) is 0 Å². The molecule has 5 aliphatic carbocycles. The zero-order valence-corrected chi connectivity index (χ0v) is 23.2. The van der Waals surface area contributed by atoms with E-state index in [9.17, 15) is 9.59 Å². The van der Waals surface area contributed by atoms with Crippen LogP contribution in [-0.4, -0.2) is 24.0 Å². The standard InChI is InChI=1S/C31H43NO4/c1-18-20-8-9-29(5)23(28(20,4)15-19-17-32-36-25(18)19)14-22(33)24-21-16-27(2,3)10-12-31(21,26(34)35-7)13-11-30(24,29)6/h14,17-18,20-21,24H,8-13,15-16H2,1-7H3/t18-,20?,21+,24+,28+,29-,30-,31+/m1/s1. The number of ketones is 1. The van der Waals surface area contributed by atoms with Crippen molar-refractivity contribution in [2.24, 2.45) is 44.8 Å². The number of carbonyl (C=O) groups excluding carboxylic acids is 2. The Hall–Kier alpha value is -1.91. The maximum absolute atomic E-state index is 14.4. The Balaban J connectivity index is 1.50. The lowest BCUT2D eigenvalue weighted by molar-refractivity contribution is -0.191. The van der Waals surface area contributed by atoms with E-state index in [1.807, 2.05) is 6.20 Å². The van der Waals surface area contributed by atoms with Crippen LogP contribution >= 0.6 is 0 Å². The van der Waals surface area contributed by atoms with Crippen LogP contribution < -0.4 is 0 Å². The lowest BCUT2D eigenvalue weighted by Gasteiger charge is -2.68. The van der Waals surface area contributed by atoms with Crippen molar-refractivity contribution in [2.75, 3.05) is 7.11 Å². The summed E-state index contributed by atoms with van der Waals surface area (Å²) in [5.41, 5.74) is 1.83. The average molecular weight is 494 g/mol. The third-order valence-corrected chi connectivity index (χ3v) is 12.6. The summed E-state index contributed by atoms with van der Waals surface area (Å²) in [5.74, 6) is 1.85. The van der Waals surface area contributed by atoms with Crippen molar-refractivity contribution in [2.45, 2.75) is 98.8 Å². The number of nitrogens with zero attached hydrogens (tertiary/aromatic N) is 1. The molecule has 1 heterocycles. The van der Waals surface area contributed by atoms with Gasteiger partial charge >= 0.3 is 5.97 Å². The van der Waals surface area contributed by atoms with E-state index >= 15 is 0 Å². The minimum absolute atomic E-state index is 0.0371. The maximum atomic E-state index is 14.4. The molecule has 196 valence electrons. The van der Waals surface area contributed by atoms with Crippen LogP contribution in [0.25, 0.3) is 0 Å². The zero-order chi connectivity index (χ0) is 25.9. The van der Waals surface area contributed by atoms with Crippen LogP contribution in [-0.2, 0) is 20.7 Å². The van der Waals surface area contributed by atoms with Gasteiger partial charge in [0.1, 0.15) is 5.76 Å². The number of aromatic nitrogens is 1. The van der Waals surface area contributed by atoms with Gasteiger partial charge in [-0.25, -0.2) is 0 Å². The van der Waals surface area contributed by atoms with Crippen molar-refractivity contribution >= 4 is 11.8 Å². The molecule has 0 bridgehead atoms. The Kier molecular flexibility index (Phi) is 4.99. The van der Waals surface area contributed by atoms with E-state index in [0.717, 1.165) is 57.1 Å². The molecule has 6 rings (SSSR count). The number of methoxy groups -OCH3 is 1. The van der Waals surface area contributed by atoms with Gasteiger partial charge in [-0.1, -0.05) is 52.3 Å². The van der Waals surface area contributed by atoms with Crippen LogP contribution in [0, 0.1) is 44.8 Å². The first-order chi connectivity index (χ1) is 16.8. The molecule has 0 aromatic carbocycles. The quantitative estimate of drug-likeness (QED) is 0.409. The lowest BCUT2D eigenvalue weighted by Crippen LogP contribution is -2.65. The molecule has 0 aliphatic heterocycles. The molecule has 8 atom stereocenters. The molecule has 5 heteroatoms. The Labute approximate surface area is 215 Å². The topological polar surface area (TPSA) is 69.4 Å². The number of allylic oxidation sites excluding steroid dienone is 2. The molecule has 0 saturated heterocycles. The Morgan fingerprint density at radius 1 is 1.06 bits per heavy atom. The molecule has 1 aromatic rings. The van der Waals surface area contributed by atoms with Crippen molar-refractivity contribution in [1.29, 1.82) is 0 Å². The van der Waals surface area contributed by atoms with Gasteiger partial charge in [0.15, 0.2) is 5.78 Å². The summed E-state index contributed by atoms with van der Waals surface area (Å²) in [7, 11) is 1.52. The molecule has 1 aromatic heterocycles. The second-order valence-corrected chi connectivity index (χ2v) is 14.6. The fourth-order valence-corrected chi connectivity index (χ4v) is 10.4. The van der Waals surface area contributed by atoms with Gasteiger partial charge in [0.2, 0.25) is 0 Å². The Morgan fingerprint density at radius 3 is 2.50 bits per heavy atom. The van der Waals surface area contributed by atoms with E-state index < -0.39 is 5.41 Å². The van der Waals surface area contributed by atoms with Crippen molar-refractivity contribution in [3.05, 3.63) is 29.2 Å². The number of hydrogen-bond acceptors (Lipinski definition) is 5. The predicted molar refractivity (Wildman–Crippen MR) is 137 cm³/mol. The second-order valence-electron chi connectivity index (χ2n) is 14.6. The highest BCUT2D eigenvalue weighted by Crippen LogP contribution is 2.74. The van der Waals surface area contributed by atoms with Gasteiger partial charge in [0, 0.05) is 17.4 Å². The van der Waals surface area contributed by atoms with Crippen molar-refractivity contribution in [1.82, 2.24) is 5.16 Å². The highest BCUT2D eigenvalue weighted by molar-refractivity contribution is 5.96. The van der Waals surface area contributed by atoms with E-state index in [2.05, 4.69) is 52.8 Å². The number of rotatable bonds is 1. The monoisotopic (exact) mass is 493 g/mol. The molecule has 5 aliphatic rings. The van der Waals surface area contributed by atoms with Crippen molar-refractivity contribution in [3.63, 3.8) is 0 Å². The van der Waals surface area contributed by atoms with Gasteiger partial charge in [-0.2, -0.15) is 0 Å². The minimum Gasteiger partial charge on any atom is -0.469 e. The van der Waals surface area contributed by atoms with E-state index in [-0.39, 0.29) is 45.2 Å². The molecule has 0 radical (unpaired) electrons. The zero-order valence-electron chi connectivity index (χ0n) is 23.2. The fraction of sp³-hybridized carbons (Fsp3) is 0.774. The number of fused-ring (bicyclic) bond motifs is 8. The molecule has 0 N–H and O–H groups in total. The summed E-state index contributed by atoms with van der Waals surface area (Å²) in [6.45, 7) is 14.1. The SMILES string of the molecule is COC(=O)[C@]12CCC(C)(C)C[C@H]1[C@H]1C(=O)C=C3[C@@]4(C)Cc5cnoc5[C@H](C)C4CC[C@@]3(C)[C@]1(C)CC2.